The maximum Gasteiger partial charge on any atom is 0.327 e. The Labute approximate surface area is 175 Å². The molecule has 1 aliphatic heterocycles. The van der Waals surface area contributed by atoms with E-state index in [1.165, 1.54) is 5.56 Å². The summed E-state index contributed by atoms with van der Waals surface area (Å²) in [6.45, 7) is 1.03. The van der Waals surface area contributed by atoms with Gasteiger partial charge in [0.05, 0.1) is 5.69 Å². The number of ether oxygens (including phenoxy) is 2. The average molecular weight is 415 g/mol. The molecule has 1 saturated carbocycles. The van der Waals surface area contributed by atoms with Crippen molar-refractivity contribution >= 4 is 23.4 Å². The first-order valence-corrected chi connectivity index (χ1v) is 11.3. The Kier molecular flexibility index (Phi) is 6.16. The van der Waals surface area contributed by atoms with Crippen LogP contribution in [0.25, 0.3) is 0 Å². The van der Waals surface area contributed by atoms with E-state index < -0.39 is 12.0 Å². The van der Waals surface area contributed by atoms with Crippen molar-refractivity contribution in [1.29, 1.82) is 0 Å². The lowest BCUT2D eigenvalue weighted by Gasteiger charge is -2.32. The zero-order valence-corrected chi connectivity index (χ0v) is 17.2. The van der Waals surface area contributed by atoms with Crippen molar-refractivity contribution in [3.8, 4) is 11.5 Å². The lowest BCUT2D eigenvalue weighted by Crippen LogP contribution is -2.51. The molecular formula is C22H26N2O4S. The lowest BCUT2D eigenvalue weighted by molar-refractivity contribution is -0.138. The van der Waals surface area contributed by atoms with Crippen LogP contribution in [0.15, 0.2) is 48.5 Å². The summed E-state index contributed by atoms with van der Waals surface area (Å²) in [5, 5.41) is 11.7. The second-order valence-electron chi connectivity index (χ2n) is 7.32. The van der Waals surface area contributed by atoms with E-state index in [0.717, 1.165) is 17.9 Å². The lowest BCUT2D eigenvalue weighted by atomic mass is 10.1. The fraction of sp³-hybridized carbons (Fsp3) is 0.409. The second kappa shape index (κ2) is 8.97. The third kappa shape index (κ3) is 4.62. The highest BCUT2D eigenvalue weighted by molar-refractivity contribution is 7.98. The minimum absolute atomic E-state index is 0.210. The highest BCUT2D eigenvalue weighted by Crippen LogP contribution is 2.42. The summed E-state index contributed by atoms with van der Waals surface area (Å²) in [7, 11) is 0. The molecule has 2 aromatic carbocycles. The Morgan fingerprint density at radius 3 is 2.69 bits per heavy atom. The van der Waals surface area contributed by atoms with E-state index in [1.54, 1.807) is 11.8 Å². The molecule has 154 valence electrons. The predicted molar refractivity (Wildman–Crippen MR) is 115 cm³/mol. The minimum atomic E-state index is -0.835. The summed E-state index contributed by atoms with van der Waals surface area (Å²) < 4.78 is 11.3. The zero-order chi connectivity index (χ0) is 20.2. The molecule has 1 aliphatic carbocycles. The number of nitrogens with zero attached hydrogens (tertiary/aromatic N) is 1. The van der Waals surface area contributed by atoms with E-state index in [1.807, 2.05) is 47.7 Å². The van der Waals surface area contributed by atoms with E-state index in [9.17, 15) is 9.90 Å². The Morgan fingerprint density at radius 1 is 1.21 bits per heavy atom. The number of nitrogens with one attached hydrogen (secondary N) is 1. The van der Waals surface area contributed by atoms with Crippen LogP contribution in [-0.4, -0.2) is 48.4 Å². The highest BCUT2D eigenvalue weighted by Gasteiger charge is 2.41. The molecule has 2 N–H and O–H groups in total. The molecule has 2 aromatic rings. The summed E-state index contributed by atoms with van der Waals surface area (Å²) in [4.78, 5) is 12.1. The third-order valence-electron chi connectivity index (χ3n) is 5.32. The van der Waals surface area contributed by atoms with Crippen LogP contribution in [0.1, 0.15) is 24.3 Å². The maximum atomic E-state index is 12.1. The summed E-state index contributed by atoms with van der Waals surface area (Å²) in [5.74, 6) is 1.69. The van der Waals surface area contributed by atoms with Crippen LogP contribution in [0.3, 0.4) is 0 Å². The van der Waals surface area contributed by atoms with Crippen LogP contribution in [0.2, 0.25) is 0 Å². The number of hydrazine groups is 1. The van der Waals surface area contributed by atoms with Gasteiger partial charge in [0.15, 0.2) is 11.5 Å². The number of aliphatic carboxylic acids is 1. The van der Waals surface area contributed by atoms with Crippen LogP contribution in [0, 0.1) is 0 Å². The SMILES string of the molecule is CSCC[C@@H](C(=O)O)N(N[C@@H]1C[C@H]1c1ccccc1)c1ccc2c(c1)OCCO2. The van der Waals surface area contributed by atoms with Crippen LogP contribution in [0.4, 0.5) is 5.69 Å². The van der Waals surface area contributed by atoms with Crippen molar-refractivity contribution in [3.63, 3.8) is 0 Å². The predicted octanol–water partition coefficient (Wildman–Crippen LogP) is 3.53. The molecule has 0 amide bonds. The molecule has 0 unspecified atom stereocenters. The third-order valence-corrected chi connectivity index (χ3v) is 5.96. The number of carbonyl (C=O) groups is 1. The molecule has 3 atom stereocenters. The number of benzene rings is 2. The zero-order valence-electron chi connectivity index (χ0n) is 16.4. The summed E-state index contributed by atoms with van der Waals surface area (Å²) in [5.41, 5.74) is 5.56. The quantitative estimate of drug-likeness (QED) is 0.608. The summed E-state index contributed by atoms with van der Waals surface area (Å²) >= 11 is 1.65. The number of fused-ring (bicyclic) bond motifs is 1. The molecular weight excluding hydrogens is 388 g/mol. The minimum Gasteiger partial charge on any atom is -0.486 e. The Balaban J connectivity index is 1.58. The molecule has 7 heteroatoms. The normalized spacial score (nSPS) is 20.7. The fourth-order valence-electron chi connectivity index (χ4n) is 3.70. The monoisotopic (exact) mass is 414 g/mol. The molecule has 4 rings (SSSR count). The standard InChI is InChI=1S/C22H26N2O4S/c1-29-12-9-19(22(25)26)24(16-7-8-20-21(13-16)28-11-10-27-20)23-18-14-17(18)15-5-3-2-4-6-15/h2-8,13,17-19,23H,9-12,14H2,1H3,(H,25,26)/t17-,18+,19-/m0/s1. The molecule has 0 spiro atoms. The number of hydrogen-bond acceptors (Lipinski definition) is 6. The van der Waals surface area contributed by atoms with Crippen molar-refractivity contribution < 1.29 is 19.4 Å². The summed E-state index contributed by atoms with van der Waals surface area (Å²) in [6, 6.07) is 15.5. The average Bonchev–Trinajstić information content (AvgIpc) is 3.52. The van der Waals surface area contributed by atoms with Crippen LogP contribution < -0.4 is 19.9 Å². The van der Waals surface area contributed by atoms with Crippen LogP contribution in [-0.2, 0) is 4.79 Å². The van der Waals surface area contributed by atoms with Crippen LogP contribution in [0.5, 0.6) is 11.5 Å². The van der Waals surface area contributed by atoms with E-state index in [2.05, 4.69) is 17.6 Å². The molecule has 0 aromatic heterocycles. The highest BCUT2D eigenvalue weighted by atomic mass is 32.2. The Bertz CT molecular complexity index is 848. The molecule has 1 fully saturated rings. The first-order valence-electron chi connectivity index (χ1n) is 9.89. The van der Waals surface area contributed by atoms with E-state index in [0.29, 0.717) is 37.1 Å². The van der Waals surface area contributed by atoms with E-state index >= 15 is 0 Å². The van der Waals surface area contributed by atoms with Gasteiger partial charge in [0.1, 0.15) is 19.3 Å². The molecule has 2 aliphatic rings. The van der Waals surface area contributed by atoms with Gasteiger partial charge in [0, 0.05) is 18.0 Å². The van der Waals surface area contributed by atoms with E-state index in [4.69, 9.17) is 9.47 Å². The number of anilines is 1. The van der Waals surface area contributed by atoms with Crippen molar-refractivity contribution in [3.05, 3.63) is 54.1 Å². The largest absolute Gasteiger partial charge is 0.486 e. The Hall–Kier alpha value is -2.38. The molecule has 1 heterocycles. The van der Waals surface area contributed by atoms with Gasteiger partial charge in [0.25, 0.3) is 0 Å². The smallest absolute Gasteiger partial charge is 0.327 e. The summed E-state index contributed by atoms with van der Waals surface area (Å²) in [6.07, 6.45) is 3.52. The van der Waals surface area contributed by atoms with Gasteiger partial charge in [-0.05, 0) is 42.5 Å². The topological polar surface area (TPSA) is 71.0 Å². The van der Waals surface area contributed by atoms with Gasteiger partial charge in [0.2, 0.25) is 0 Å². The van der Waals surface area contributed by atoms with Gasteiger partial charge < -0.3 is 14.6 Å². The molecule has 0 bridgehead atoms. The first-order chi connectivity index (χ1) is 14.2. The van der Waals surface area contributed by atoms with Crippen molar-refractivity contribution in [1.82, 2.24) is 5.43 Å². The molecule has 29 heavy (non-hydrogen) atoms. The Morgan fingerprint density at radius 2 is 1.97 bits per heavy atom. The number of rotatable bonds is 9. The second-order valence-corrected chi connectivity index (χ2v) is 8.31. The van der Waals surface area contributed by atoms with Gasteiger partial charge in [-0.1, -0.05) is 30.3 Å². The maximum absolute atomic E-state index is 12.1. The number of thioether (sulfide) groups is 1. The van der Waals surface area contributed by atoms with Gasteiger partial charge in [-0.3, -0.25) is 5.01 Å². The van der Waals surface area contributed by atoms with Gasteiger partial charge in [-0.15, -0.1) is 0 Å². The molecule has 0 saturated heterocycles. The number of carboxylic acid groups (broad SMARTS) is 1. The van der Waals surface area contributed by atoms with Crippen molar-refractivity contribution in [2.24, 2.45) is 0 Å². The number of carboxylic acids is 1. The van der Waals surface area contributed by atoms with Gasteiger partial charge in [-0.2, -0.15) is 11.8 Å². The van der Waals surface area contributed by atoms with Crippen molar-refractivity contribution in [2.75, 3.05) is 30.2 Å². The van der Waals surface area contributed by atoms with Crippen LogP contribution >= 0.6 is 11.8 Å². The first kappa shape index (κ1) is 19.9. The molecule has 6 nitrogen and oxygen atoms in total. The number of hydrogen-bond donors (Lipinski definition) is 2. The van der Waals surface area contributed by atoms with Crippen molar-refractivity contribution in [2.45, 2.75) is 30.8 Å². The van der Waals surface area contributed by atoms with Gasteiger partial charge >= 0.3 is 5.97 Å². The molecule has 0 radical (unpaired) electrons. The fourth-order valence-corrected chi connectivity index (χ4v) is 4.16. The van der Waals surface area contributed by atoms with Gasteiger partial charge in [-0.25, -0.2) is 10.2 Å². The van der Waals surface area contributed by atoms with E-state index in [-0.39, 0.29) is 6.04 Å².